The van der Waals surface area contributed by atoms with E-state index in [2.05, 4.69) is 54.2 Å². The summed E-state index contributed by atoms with van der Waals surface area (Å²) >= 11 is 0. The van der Waals surface area contributed by atoms with Crippen LogP contribution in [0.25, 0.3) is 0 Å². The lowest BCUT2D eigenvalue weighted by molar-refractivity contribution is -0.193. The maximum atomic E-state index is 10.6. The molecule has 3 N–H and O–H groups in total. The van der Waals surface area contributed by atoms with Crippen LogP contribution in [-0.2, 0) is 16.0 Å². The predicted molar refractivity (Wildman–Crippen MR) is 109 cm³/mol. The molecule has 0 radical (unpaired) electrons. The number of aliphatic carboxylic acids is 2. The molecule has 0 saturated heterocycles. The number of halogens is 6. The molecule has 2 aromatic rings. The van der Waals surface area contributed by atoms with E-state index in [4.69, 9.17) is 24.3 Å². The standard InChI is InChI=1S/C16H24N4O.2C2HF3O2/c1-10(2)15-19-16(21-20-15)13(5)18-12(4)9-14-11(3)7-6-8-17-14;2*3-2(4,5)1(6)7/h6-8,10,12-13,18H,9H2,1-5H3;2*(H,6,7). The van der Waals surface area contributed by atoms with Crippen LogP contribution in [0.1, 0.15) is 62.6 Å². The molecule has 0 saturated carbocycles. The van der Waals surface area contributed by atoms with Crippen molar-refractivity contribution in [2.24, 2.45) is 0 Å². The molecule has 198 valence electrons. The number of aryl methyl sites for hydroxylation is 1. The first-order valence-electron chi connectivity index (χ1n) is 9.96. The molecular weight excluding hydrogens is 490 g/mol. The third-order valence-electron chi connectivity index (χ3n) is 3.98. The van der Waals surface area contributed by atoms with Gasteiger partial charge in [0.05, 0.1) is 6.04 Å². The summed E-state index contributed by atoms with van der Waals surface area (Å²) in [6, 6.07) is 4.36. The number of hydrogen-bond acceptors (Lipinski definition) is 7. The van der Waals surface area contributed by atoms with E-state index in [1.807, 2.05) is 19.2 Å². The van der Waals surface area contributed by atoms with Crippen LogP contribution in [0.15, 0.2) is 22.9 Å². The van der Waals surface area contributed by atoms with Gasteiger partial charge < -0.3 is 20.1 Å². The Balaban J connectivity index is 0.000000680. The Morgan fingerprint density at radius 2 is 1.51 bits per heavy atom. The number of carboxylic acid groups (broad SMARTS) is 2. The Morgan fingerprint density at radius 3 is 1.89 bits per heavy atom. The Morgan fingerprint density at radius 1 is 1.03 bits per heavy atom. The van der Waals surface area contributed by atoms with Gasteiger partial charge in [-0.3, -0.25) is 4.98 Å². The molecule has 15 heteroatoms. The largest absolute Gasteiger partial charge is 0.490 e. The molecule has 2 aromatic heterocycles. The summed E-state index contributed by atoms with van der Waals surface area (Å²) < 4.78 is 68.8. The molecule has 9 nitrogen and oxygen atoms in total. The summed E-state index contributed by atoms with van der Waals surface area (Å²) in [6.07, 6.45) is -7.45. The molecule has 0 aliphatic heterocycles. The lowest BCUT2D eigenvalue weighted by atomic mass is 10.1. The molecule has 0 aliphatic rings. The molecule has 2 rings (SSSR count). The van der Waals surface area contributed by atoms with Crippen molar-refractivity contribution in [3.8, 4) is 0 Å². The molecule has 2 heterocycles. The van der Waals surface area contributed by atoms with Crippen molar-refractivity contribution in [1.82, 2.24) is 20.4 Å². The van der Waals surface area contributed by atoms with E-state index in [1.165, 1.54) is 5.56 Å². The van der Waals surface area contributed by atoms with Crippen LogP contribution in [0.2, 0.25) is 0 Å². The first-order chi connectivity index (χ1) is 15.9. The third kappa shape index (κ3) is 12.7. The zero-order valence-corrected chi connectivity index (χ0v) is 19.4. The molecule has 0 aromatic carbocycles. The number of carbonyl (C=O) groups is 2. The fourth-order valence-corrected chi connectivity index (χ4v) is 2.24. The number of carboxylic acids is 2. The Labute approximate surface area is 196 Å². The first kappa shape index (κ1) is 31.8. The van der Waals surface area contributed by atoms with Crippen molar-refractivity contribution in [3.63, 3.8) is 0 Å². The number of pyridine rings is 1. The Hall–Kier alpha value is -3.23. The minimum absolute atomic E-state index is 0.0315. The van der Waals surface area contributed by atoms with E-state index in [0.29, 0.717) is 5.89 Å². The Bertz CT molecular complexity index is 923. The van der Waals surface area contributed by atoms with Crippen LogP contribution < -0.4 is 5.32 Å². The van der Waals surface area contributed by atoms with Crippen LogP contribution in [0.4, 0.5) is 26.3 Å². The highest BCUT2D eigenvalue weighted by Gasteiger charge is 2.38. The van der Waals surface area contributed by atoms with Crippen molar-refractivity contribution in [1.29, 1.82) is 0 Å². The van der Waals surface area contributed by atoms with Crippen molar-refractivity contribution in [2.45, 2.75) is 71.4 Å². The number of alkyl halides is 6. The van der Waals surface area contributed by atoms with Crippen LogP contribution in [-0.4, -0.2) is 55.7 Å². The molecular formula is C20H26F6N4O5. The van der Waals surface area contributed by atoms with Gasteiger partial charge in [0, 0.05) is 30.3 Å². The van der Waals surface area contributed by atoms with E-state index in [0.717, 1.165) is 17.9 Å². The normalized spacial score (nSPS) is 13.1. The zero-order valence-electron chi connectivity index (χ0n) is 19.4. The van der Waals surface area contributed by atoms with E-state index in [1.54, 1.807) is 0 Å². The van der Waals surface area contributed by atoms with Crippen LogP contribution in [0, 0.1) is 6.92 Å². The summed E-state index contributed by atoms with van der Waals surface area (Å²) in [5, 5.41) is 21.7. The number of rotatable bonds is 6. The summed E-state index contributed by atoms with van der Waals surface area (Å²) in [5.74, 6) is -3.83. The van der Waals surface area contributed by atoms with Crippen LogP contribution in [0.3, 0.4) is 0 Å². The highest BCUT2D eigenvalue weighted by atomic mass is 19.4. The first-order valence-corrected chi connectivity index (χ1v) is 9.96. The molecule has 2 unspecified atom stereocenters. The highest BCUT2D eigenvalue weighted by molar-refractivity contribution is 5.73. The summed E-state index contributed by atoms with van der Waals surface area (Å²) in [4.78, 5) is 26.7. The van der Waals surface area contributed by atoms with Crippen molar-refractivity contribution in [3.05, 3.63) is 41.3 Å². The van der Waals surface area contributed by atoms with Gasteiger partial charge in [0.25, 0.3) is 0 Å². The van der Waals surface area contributed by atoms with Gasteiger partial charge in [0.1, 0.15) is 0 Å². The third-order valence-corrected chi connectivity index (χ3v) is 3.98. The zero-order chi connectivity index (χ0) is 27.6. The van der Waals surface area contributed by atoms with Crippen LogP contribution in [0.5, 0.6) is 0 Å². The van der Waals surface area contributed by atoms with Gasteiger partial charge in [-0.05, 0) is 32.4 Å². The minimum Gasteiger partial charge on any atom is -0.475 e. The molecule has 0 spiro atoms. The lowest BCUT2D eigenvalue weighted by Gasteiger charge is -2.17. The average molecular weight is 516 g/mol. The van der Waals surface area contributed by atoms with E-state index in [9.17, 15) is 26.3 Å². The summed E-state index contributed by atoms with van der Waals surface area (Å²) in [7, 11) is 0. The van der Waals surface area contributed by atoms with Gasteiger partial charge in [0.15, 0.2) is 5.82 Å². The van der Waals surface area contributed by atoms with E-state index < -0.39 is 24.3 Å². The number of aromatic nitrogens is 3. The van der Waals surface area contributed by atoms with Gasteiger partial charge in [-0.25, -0.2) is 9.59 Å². The molecule has 0 aliphatic carbocycles. The fourth-order valence-electron chi connectivity index (χ4n) is 2.24. The van der Waals surface area contributed by atoms with Gasteiger partial charge >= 0.3 is 24.3 Å². The van der Waals surface area contributed by atoms with Gasteiger partial charge in [-0.15, -0.1) is 0 Å². The lowest BCUT2D eigenvalue weighted by Crippen LogP contribution is -2.31. The molecule has 2 atom stereocenters. The number of hydrogen-bond donors (Lipinski definition) is 3. The van der Waals surface area contributed by atoms with Gasteiger partial charge in [-0.1, -0.05) is 25.1 Å². The quantitative estimate of drug-likeness (QED) is 0.476. The smallest absolute Gasteiger partial charge is 0.475 e. The molecule has 0 fully saturated rings. The van der Waals surface area contributed by atoms with Crippen molar-refractivity contribution in [2.75, 3.05) is 0 Å². The number of nitrogens with zero attached hydrogens (tertiary/aromatic N) is 3. The highest BCUT2D eigenvalue weighted by Crippen LogP contribution is 2.16. The maximum Gasteiger partial charge on any atom is 0.490 e. The molecule has 0 bridgehead atoms. The van der Waals surface area contributed by atoms with Crippen LogP contribution >= 0.6 is 0 Å². The number of nitrogens with one attached hydrogen (secondary N) is 1. The fraction of sp³-hybridized carbons (Fsp3) is 0.550. The maximum absolute atomic E-state index is 10.6. The topological polar surface area (TPSA) is 138 Å². The average Bonchev–Trinajstić information content (AvgIpc) is 3.20. The SMILES string of the molecule is Cc1cccnc1CC(C)NC(C)c1nc(C(C)C)no1.O=C(O)C(F)(F)F.O=C(O)C(F)(F)F. The Kier molecular flexibility index (Phi) is 12.3. The van der Waals surface area contributed by atoms with Gasteiger partial charge in [-0.2, -0.15) is 31.3 Å². The molecule has 35 heavy (non-hydrogen) atoms. The van der Waals surface area contributed by atoms with E-state index >= 15 is 0 Å². The second-order valence-corrected chi connectivity index (χ2v) is 7.51. The molecule has 0 amide bonds. The van der Waals surface area contributed by atoms with Crippen molar-refractivity contribution < 1.29 is 50.7 Å². The van der Waals surface area contributed by atoms with Gasteiger partial charge in [0.2, 0.25) is 5.89 Å². The van der Waals surface area contributed by atoms with Crippen molar-refractivity contribution >= 4 is 11.9 Å². The predicted octanol–water partition coefficient (Wildman–Crippen LogP) is 4.44. The second kappa shape index (κ2) is 13.6. The monoisotopic (exact) mass is 516 g/mol. The summed E-state index contributed by atoms with van der Waals surface area (Å²) in [6.45, 7) is 10.4. The second-order valence-electron chi connectivity index (χ2n) is 7.51. The summed E-state index contributed by atoms with van der Waals surface area (Å²) in [5.41, 5.74) is 2.34. The van der Waals surface area contributed by atoms with E-state index in [-0.39, 0.29) is 18.0 Å². The minimum atomic E-state index is -5.08.